The summed E-state index contributed by atoms with van der Waals surface area (Å²) in [4.78, 5) is 36.6. The molecule has 0 radical (unpaired) electrons. The molecule has 10 nitrogen and oxygen atoms in total. The maximum Gasteiger partial charge on any atom is 0.230 e. The average Bonchev–Trinajstić information content (AvgIpc) is 2.86. The molecule has 2 N–H and O–H groups in total. The molecule has 194 valence electrons. The molecule has 2 fully saturated rings. The highest BCUT2D eigenvalue weighted by Crippen LogP contribution is 2.36. The second-order valence-electron chi connectivity index (χ2n) is 8.38. The van der Waals surface area contributed by atoms with Gasteiger partial charge in [-0.3, -0.25) is 14.4 Å². The van der Waals surface area contributed by atoms with Crippen molar-refractivity contribution in [2.24, 2.45) is 0 Å². The first-order valence-electron chi connectivity index (χ1n) is 11.7. The van der Waals surface area contributed by atoms with Crippen LogP contribution in [0.1, 0.15) is 39.0 Å². The Bertz CT molecular complexity index is 857. The third-order valence-electron chi connectivity index (χ3n) is 5.62. The van der Waals surface area contributed by atoms with Gasteiger partial charge in [-0.05, 0) is 13.3 Å². The highest BCUT2D eigenvalue weighted by atomic mass is 32.2. The Morgan fingerprint density at radius 3 is 2.60 bits per heavy atom. The lowest BCUT2D eigenvalue weighted by molar-refractivity contribution is -0.347. The van der Waals surface area contributed by atoms with Crippen LogP contribution < -0.4 is 10.6 Å². The van der Waals surface area contributed by atoms with Gasteiger partial charge in [0.1, 0.15) is 30.5 Å². The standard InChI is InChI=1S/C24H34N2O8S/c1-5-11-25-18(28)13-35-22(29)14(2)32-21-19(26-15(3)27)24(30-4)33-17-12-31-23(34-20(17)21)16-9-7-6-8-10-16/h6-10,14,17,19-21,23-24H,5,11-13H2,1-4H3,(H,25,28)(H,26,27)/t14-,17-,19-,20-,21-,23-,24+/m1/s1. The SMILES string of the molecule is CCCNC(=O)CSC(=O)[C@@H](C)O[C@@H]1[C@@H](NC(C)=O)[C@@H](OC)O[C@@H]2CO[C@@H](c3ccccc3)O[C@@H]12. The van der Waals surface area contributed by atoms with Crippen molar-refractivity contribution in [2.45, 2.75) is 70.2 Å². The van der Waals surface area contributed by atoms with Gasteiger partial charge in [-0.25, -0.2) is 0 Å². The number of nitrogens with one attached hydrogen (secondary N) is 2. The summed E-state index contributed by atoms with van der Waals surface area (Å²) in [5.41, 5.74) is 0.826. The lowest BCUT2D eigenvalue weighted by Crippen LogP contribution is -2.67. The number of ether oxygens (including phenoxy) is 5. The van der Waals surface area contributed by atoms with Crippen molar-refractivity contribution >= 4 is 28.7 Å². The molecule has 2 aliphatic heterocycles. The molecule has 2 aliphatic rings. The second-order valence-corrected chi connectivity index (χ2v) is 9.36. The van der Waals surface area contributed by atoms with Crippen LogP contribution in [0.5, 0.6) is 0 Å². The number of thioether (sulfide) groups is 1. The number of hydrogen-bond acceptors (Lipinski definition) is 9. The van der Waals surface area contributed by atoms with Gasteiger partial charge < -0.3 is 34.3 Å². The Labute approximate surface area is 209 Å². The minimum absolute atomic E-state index is 0.00259. The fraction of sp³-hybridized carbons (Fsp3) is 0.625. The van der Waals surface area contributed by atoms with E-state index < -0.39 is 43.0 Å². The second kappa shape index (κ2) is 13.3. The fourth-order valence-corrected chi connectivity index (χ4v) is 4.63. The Balaban J connectivity index is 1.76. The van der Waals surface area contributed by atoms with Crippen LogP contribution in [0.25, 0.3) is 0 Å². The molecule has 0 aromatic heterocycles. The summed E-state index contributed by atoms with van der Waals surface area (Å²) in [5, 5.41) is 5.26. The van der Waals surface area contributed by atoms with Crippen molar-refractivity contribution in [3.8, 4) is 0 Å². The average molecular weight is 511 g/mol. The van der Waals surface area contributed by atoms with E-state index in [1.54, 1.807) is 6.92 Å². The van der Waals surface area contributed by atoms with Gasteiger partial charge in [-0.15, -0.1) is 0 Å². The molecule has 2 saturated heterocycles. The molecular weight excluding hydrogens is 476 g/mol. The molecular formula is C24H34N2O8S. The Hall–Kier alpha value is -2.02. The van der Waals surface area contributed by atoms with E-state index in [4.69, 9.17) is 23.7 Å². The van der Waals surface area contributed by atoms with Gasteiger partial charge in [0, 0.05) is 26.1 Å². The van der Waals surface area contributed by atoms with Crippen LogP contribution in [0.4, 0.5) is 0 Å². The predicted molar refractivity (Wildman–Crippen MR) is 128 cm³/mol. The number of methoxy groups -OCH3 is 1. The topological polar surface area (TPSA) is 121 Å². The normalized spacial score (nSPS) is 29.0. The van der Waals surface area contributed by atoms with E-state index in [1.807, 2.05) is 37.3 Å². The van der Waals surface area contributed by atoms with Crippen LogP contribution in [0, 0.1) is 0 Å². The number of benzene rings is 1. The lowest BCUT2D eigenvalue weighted by Gasteiger charge is -2.49. The zero-order valence-corrected chi connectivity index (χ0v) is 21.2. The number of carbonyl (C=O) groups excluding carboxylic acids is 3. The van der Waals surface area contributed by atoms with Crippen molar-refractivity contribution in [1.29, 1.82) is 0 Å². The number of hydrogen-bond donors (Lipinski definition) is 2. The number of rotatable bonds is 10. The van der Waals surface area contributed by atoms with Gasteiger partial charge in [0.2, 0.25) is 16.9 Å². The summed E-state index contributed by atoms with van der Waals surface area (Å²) in [5.74, 6) is -0.513. The molecule has 7 atom stereocenters. The summed E-state index contributed by atoms with van der Waals surface area (Å²) in [6.07, 6.45) is -3.51. The third kappa shape index (κ3) is 7.48. The molecule has 0 spiro atoms. The summed E-state index contributed by atoms with van der Waals surface area (Å²) in [7, 11) is 1.47. The smallest absolute Gasteiger partial charge is 0.230 e. The first-order chi connectivity index (χ1) is 16.8. The maximum absolute atomic E-state index is 12.8. The summed E-state index contributed by atoms with van der Waals surface area (Å²) < 4.78 is 29.8. The van der Waals surface area contributed by atoms with Crippen molar-refractivity contribution in [2.75, 3.05) is 26.0 Å². The van der Waals surface area contributed by atoms with E-state index in [2.05, 4.69) is 10.6 Å². The van der Waals surface area contributed by atoms with E-state index in [0.29, 0.717) is 6.54 Å². The van der Waals surface area contributed by atoms with Gasteiger partial charge in [0.15, 0.2) is 12.6 Å². The number of carbonyl (C=O) groups is 3. The zero-order chi connectivity index (χ0) is 25.4. The first kappa shape index (κ1) is 27.6. The number of fused-ring (bicyclic) bond motifs is 1. The Morgan fingerprint density at radius 1 is 1.20 bits per heavy atom. The fourth-order valence-electron chi connectivity index (χ4n) is 3.96. The molecule has 2 amide bonds. The highest BCUT2D eigenvalue weighted by molar-refractivity contribution is 8.14. The predicted octanol–water partition coefficient (Wildman–Crippen LogP) is 1.54. The van der Waals surface area contributed by atoms with Gasteiger partial charge in [0.25, 0.3) is 0 Å². The van der Waals surface area contributed by atoms with E-state index in [0.717, 1.165) is 23.7 Å². The molecule has 3 rings (SSSR count). The third-order valence-corrected chi connectivity index (χ3v) is 6.65. The van der Waals surface area contributed by atoms with Crippen LogP contribution in [-0.4, -0.2) is 79.7 Å². The van der Waals surface area contributed by atoms with Crippen LogP contribution in [0.3, 0.4) is 0 Å². The minimum Gasteiger partial charge on any atom is -0.361 e. The van der Waals surface area contributed by atoms with E-state index in [9.17, 15) is 14.4 Å². The van der Waals surface area contributed by atoms with Crippen molar-refractivity contribution in [1.82, 2.24) is 10.6 Å². The maximum atomic E-state index is 12.8. The molecule has 0 aliphatic carbocycles. The number of amides is 2. The molecule has 0 saturated carbocycles. The van der Waals surface area contributed by atoms with Gasteiger partial charge >= 0.3 is 0 Å². The summed E-state index contributed by atoms with van der Waals surface area (Å²) >= 11 is 0.889. The van der Waals surface area contributed by atoms with Crippen LogP contribution >= 0.6 is 11.8 Å². The van der Waals surface area contributed by atoms with E-state index in [1.165, 1.54) is 14.0 Å². The van der Waals surface area contributed by atoms with Crippen LogP contribution in [0.15, 0.2) is 30.3 Å². The highest BCUT2D eigenvalue weighted by Gasteiger charge is 2.52. The van der Waals surface area contributed by atoms with E-state index in [-0.39, 0.29) is 29.3 Å². The zero-order valence-electron chi connectivity index (χ0n) is 20.4. The van der Waals surface area contributed by atoms with Gasteiger partial charge in [0.05, 0.1) is 12.4 Å². The van der Waals surface area contributed by atoms with Crippen molar-refractivity contribution in [3.63, 3.8) is 0 Å². The summed E-state index contributed by atoms with van der Waals surface area (Å²) in [6.45, 7) is 5.72. The van der Waals surface area contributed by atoms with Crippen LogP contribution in [-0.2, 0) is 38.1 Å². The van der Waals surface area contributed by atoms with Gasteiger partial charge in [-0.1, -0.05) is 49.0 Å². The van der Waals surface area contributed by atoms with Gasteiger partial charge in [-0.2, -0.15) is 0 Å². The molecule has 0 bridgehead atoms. The molecule has 1 aromatic rings. The minimum atomic E-state index is -0.877. The van der Waals surface area contributed by atoms with Crippen LogP contribution in [0.2, 0.25) is 0 Å². The van der Waals surface area contributed by atoms with E-state index >= 15 is 0 Å². The Kier molecular flexibility index (Phi) is 10.5. The van der Waals surface area contributed by atoms with Crippen molar-refractivity contribution < 1.29 is 38.1 Å². The molecule has 2 heterocycles. The molecule has 0 unspecified atom stereocenters. The lowest BCUT2D eigenvalue weighted by atomic mass is 9.95. The Morgan fingerprint density at radius 2 is 1.94 bits per heavy atom. The quantitative estimate of drug-likeness (QED) is 0.483. The van der Waals surface area contributed by atoms with Crippen molar-refractivity contribution in [3.05, 3.63) is 35.9 Å². The molecule has 1 aromatic carbocycles. The molecule has 11 heteroatoms. The largest absolute Gasteiger partial charge is 0.361 e. The first-order valence-corrected chi connectivity index (χ1v) is 12.7. The molecule has 35 heavy (non-hydrogen) atoms. The summed E-state index contributed by atoms with van der Waals surface area (Å²) in [6, 6.07) is 8.71. The monoisotopic (exact) mass is 510 g/mol.